The molecule has 0 N–H and O–H groups in total. The van der Waals surface area contributed by atoms with Crippen LogP contribution in [-0.2, 0) is 0 Å². The van der Waals surface area contributed by atoms with Crippen LogP contribution in [0.1, 0.15) is 25.7 Å². The molecule has 0 heterocycles. The lowest BCUT2D eigenvalue weighted by Gasteiger charge is -2.27. The first-order valence-corrected chi connectivity index (χ1v) is 3.16. The molecule has 44 valence electrons. The smallest absolute Gasteiger partial charge is 0.0369 e. The average molecular weight is 108 g/mol. The first kappa shape index (κ1) is 6.00. The molecule has 2 radical (unpaired) electrons. The van der Waals surface area contributed by atoms with E-state index in [1.54, 1.807) is 0 Å². The molecule has 0 aromatic rings. The predicted octanol–water partition coefficient (Wildman–Crippen LogP) is 2.30. The second kappa shape index (κ2) is 2.00. The van der Waals surface area contributed by atoms with Gasteiger partial charge in [-0.05, 0) is 18.3 Å². The maximum atomic E-state index is 3.91. The van der Waals surface area contributed by atoms with Crippen LogP contribution in [0.2, 0.25) is 0 Å². The number of hydrogen-bond acceptors (Lipinski definition) is 0. The summed E-state index contributed by atoms with van der Waals surface area (Å²) in [6.45, 7) is 7.81. The van der Waals surface area contributed by atoms with Crippen LogP contribution in [0.4, 0.5) is 0 Å². The van der Waals surface area contributed by atoms with Gasteiger partial charge in [0.25, 0.3) is 0 Å². The molecule has 0 aliphatic heterocycles. The van der Waals surface area contributed by atoms with Gasteiger partial charge in [-0.3, -0.25) is 6.92 Å². The fraction of sp³-hybridized carbons (Fsp3) is 0.625. The van der Waals surface area contributed by atoms with Crippen molar-refractivity contribution in [3.63, 3.8) is 0 Å². The molecule has 0 bridgehead atoms. The van der Waals surface area contributed by atoms with Crippen LogP contribution in [-0.4, -0.2) is 0 Å². The Bertz CT molecular complexity index is 64.1. The van der Waals surface area contributed by atoms with Gasteiger partial charge < -0.3 is 0 Å². The van der Waals surface area contributed by atoms with E-state index in [2.05, 4.69) is 20.3 Å². The van der Waals surface area contributed by atoms with Crippen molar-refractivity contribution >= 4 is 0 Å². The first-order chi connectivity index (χ1) is 3.71. The quantitative estimate of drug-likeness (QED) is 0.418. The molecule has 1 aliphatic carbocycles. The van der Waals surface area contributed by atoms with E-state index in [1.165, 1.54) is 12.8 Å². The maximum Gasteiger partial charge on any atom is 0.0369 e. The summed E-state index contributed by atoms with van der Waals surface area (Å²) in [6, 6.07) is 0. The van der Waals surface area contributed by atoms with Gasteiger partial charge >= 0.3 is 0 Å². The zero-order chi connectivity index (χ0) is 6.04. The van der Waals surface area contributed by atoms with Gasteiger partial charge in [-0.25, -0.2) is 0 Å². The van der Waals surface area contributed by atoms with E-state index >= 15 is 0 Å². The van der Waals surface area contributed by atoms with E-state index in [4.69, 9.17) is 0 Å². The average Bonchev–Trinajstić information content (AvgIpc) is 1.65. The number of rotatable bonds is 0. The minimum Gasteiger partial charge on any atom is -0.293 e. The molecule has 1 saturated carbocycles. The zero-order valence-electron chi connectivity index (χ0n) is 5.24. The molecule has 1 rings (SSSR count). The van der Waals surface area contributed by atoms with E-state index in [9.17, 15) is 0 Å². The summed E-state index contributed by atoms with van der Waals surface area (Å²) in [5.74, 6) is 0. The minimum absolute atomic E-state index is 0.0712. The molecular formula is C8H12. The third kappa shape index (κ3) is 1.43. The van der Waals surface area contributed by atoms with E-state index in [1.807, 2.05) is 0 Å². The Morgan fingerprint density at radius 2 is 2.25 bits per heavy atom. The Morgan fingerprint density at radius 3 is 2.50 bits per heavy atom. The van der Waals surface area contributed by atoms with Gasteiger partial charge in [-0.1, -0.05) is 12.8 Å². The van der Waals surface area contributed by atoms with E-state index in [0.717, 1.165) is 12.8 Å². The van der Waals surface area contributed by atoms with Gasteiger partial charge in [-0.2, -0.15) is 0 Å². The second-order valence-electron chi connectivity index (χ2n) is 2.66. The van der Waals surface area contributed by atoms with Gasteiger partial charge in [0.2, 0.25) is 0 Å². The van der Waals surface area contributed by atoms with Gasteiger partial charge in [0.15, 0.2) is 0 Å². The third-order valence-corrected chi connectivity index (χ3v) is 1.58. The molecule has 0 spiro atoms. The Labute approximate surface area is 52.3 Å². The Hall–Kier alpha value is -0.130. The molecule has 0 aromatic carbocycles. The van der Waals surface area contributed by atoms with Gasteiger partial charge in [0.05, 0.1) is 0 Å². The van der Waals surface area contributed by atoms with Gasteiger partial charge in [0.1, 0.15) is 0 Å². The maximum absolute atomic E-state index is 3.91. The highest BCUT2D eigenvalue weighted by molar-refractivity contribution is 4.99. The first-order valence-electron chi connectivity index (χ1n) is 3.16. The summed E-state index contributed by atoms with van der Waals surface area (Å²) in [4.78, 5) is 0. The molecule has 1 aliphatic rings. The summed E-state index contributed by atoms with van der Waals surface area (Å²) in [7, 11) is 0. The van der Waals surface area contributed by atoms with Crippen molar-refractivity contribution < 1.29 is 0 Å². The Kier molecular flexibility index (Phi) is 1.50. The summed E-state index contributed by atoms with van der Waals surface area (Å²) in [5.41, 5.74) is -0.0712. The summed E-state index contributed by atoms with van der Waals surface area (Å²) >= 11 is 0. The third-order valence-electron chi connectivity index (χ3n) is 1.58. The molecule has 0 saturated heterocycles. The van der Waals surface area contributed by atoms with Gasteiger partial charge in [0, 0.05) is 13.3 Å². The molecule has 0 unspecified atom stereocenters. The Balaban J connectivity index is 2.33. The van der Waals surface area contributed by atoms with E-state index in [-0.39, 0.29) is 5.41 Å². The monoisotopic (exact) mass is 108 g/mol. The molecule has 0 aromatic heterocycles. The van der Waals surface area contributed by atoms with Crippen molar-refractivity contribution in [2.24, 2.45) is 5.41 Å². The topological polar surface area (TPSA) is 0 Å². The van der Waals surface area contributed by atoms with Crippen molar-refractivity contribution in [2.45, 2.75) is 25.7 Å². The molecule has 0 atom stereocenters. The highest BCUT2D eigenvalue weighted by Gasteiger charge is 2.21. The summed E-state index contributed by atoms with van der Waals surface area (Å²) in [6.07, 6.45) is 8.01. The van der Waals surface area contributed by atoms with Crippen LogP contribution in [0.25, 0.3) is 0 Å². The van der Waals surface area contributed by atoms with Crippen molar-refractivity contribution in [3.05, 3.63) is 20.3 Å². The van der Waals surface area contributed by atoms with Crippen LogP contribution >= 0.6 is 0 Å². The van der Waals surface area contributed by atoms with Crippen LogP contribution in [0.15, 0.2) is 0 Å². The van der Waals surface area contributed by atoms with Crippen LogP contribution < -0.4 is 0 Å². The lowest BCUT2D eigenvalue weighted by Crippen LogP contribution is -2.16. The second-order valence-corrected chi connectivity index (χ2v) is 2.66. The molecule has 1 fully saturated rings. The van der Waals surface area contributed by atoms with Crippen LogP contribution in [0.5, 0.6) is 0 Å². The van der Waals surface area contributed by atoms with E-state index < -0.39 is 0 Å². The van der Waals surface area contributed by atoms with Gasteiger partial charge in [-0.15, -0.1) is 0 Å². The summed E-state index contributed by atoms with van der Waals surface area (Å²) in [5, 5.41) is 0. The Morgan fingerprint density at radius 1 is 1.50 bits per heavy atom. The highest BCUT2D eigenvalue weighted by Crippen LogP contribution is 2.32. The van der Waals surface area contributed by atoms with Crippen molar-refractivity contribution in [1.82, 2.24) is 0 Å². The standard InChI is InChI=1S/C8H12/c1-8(2)6-4-3-5-7-8/h1-6H2. The predicted molar refractivity (Wildman–Crippen MR) is 34.9 cm³/mol. The lowest BCUT2D eigenvalue weighted by atomic mass is 9.78. The zero-order valence-corrected chi connectivity index (χ0v) is 5.24. The van der Waals surface area contributed by atoms with Crippen molar-refractivity contribution in [1.29, 1.82) is 0 Å². The van der Waals surface area contributed by atoms with E-state index in [0.29, 0.717) is 0 Å². The molecule has 0 heteroatoms. The number of hydrogen-bond donors (Lipinski definition) is 0. The SMILES string of the molecule is [CH2+]C1([CH2-])[C]CCCC1. The molecule has 8 heavy (non-hydrogen) atoms. The normalized spacial score (nSPS) is 27.6. The largest absolute Gasteiger partial charge is 0.293 e. The fourth-order valence-corrected chi connectivity index (χ4v) is 1.03. The fourth-order valence-electron chi connectivity index (χ4n) is 1.03. The molecule has 0 nitrogen and oxygen atoms in total. The molecule has 0 amide bonds. The van der Waals surface area contributed by atoms with Crippen molar-refractivity contribution in [3.8, 4) is 0 Å². The van der Waals surface area contributed by atoms with Crippen LogP contribution in [0.3, 0.4) is 0 Å². The van der Waals surface area contributed by atoms with Crippen LogP contribution in [0, 0.1) is 25.7 Å². The minimum atomic E-state index is -0.0712. The van der Waals surface area contributed by atoms with Crippen molar-refractivity contribution in [2.75, 3.05) is 0 Å². The highest BCUT2D eigenvalue weighted by atomic mass is 14.3. The lowest BCUT2D eigenvalue weighted by molar-refractivity contribution is 0.410. The molecular weight excluding hydrogens is 96.1 g/mol. The summed E-state index contributed by atoms with van der Waals surface area (Å²) < 4.78 is 0.